The fourth-order valence-electron chi connectivity index (χ4n) is 1.47. The highest BCUT2D eigenvalue weighted by atomic mass is 16.4. The first-order chi connectivity index (χ1) is 8.18. The van der Waals surface area contributed by atoms with Crippen LogP contribution in [0.15, 0.2) is 35.2 Å². The Morgan fingerprint density at radius 1 is 1.47 bits per heavy atom. The molecule has 0 spiro atoms. The minimum atomic E-state index is -1.10. The van der Waals surface area contributed by atoms with Gasteiger partial charge in [-0.3, -0.25) is 0 Å². The summed E-state index contributed by atoms with van der Waals surface area (Å²) in [5.74, 6) is -0.0507. The van der Waals surface area contributed by atoms with Crippen molar-refractivity contribution < 1.29 is 14.3 Å². The smallest absolute Gasteiger partial charge is 0.358 e. The van der Waals surface area contributed by atoms with Crippen molar-refractivity contribution in [1.29, 1.82) is 0 Å². The van der Waals surface area contributed by atoms with Gasteiger partial charge in [-0.05, 0) is 12.1 Å². The normalized spacial score (nSPS) is 10.2. The number of anilines is 1. The standard InChI is InChI=1S/C11H11N3O3/c1-14(7-8-3-2-6-17-8)10-9(11(15)16)12-4-5-13-10/h2-6H,7H2,1H3,(H,15,16). The van der Waals surface area contributed by atoms with E-state index in [2.05, 4.69) is 9.97 Å². The van der Waals surface area contributed by atoms with Crippen LogP contribution in [-0.2, 0) is 6.54 Å². The van der Waals surface area contributed by atoms with Crippen molar-refractivity contribution in [3.63, 3.8) is 0 Å². The Morgan fingerprint density at radius 3 is 2.88 bits per heavy atom. The van der Waals surface area contributed by atoms with Crippen molar-refractivity contribution >= 4 is 11.8 Å². The Labute approximate surface area is 97.5 Å². The van der Waals surface area contributed by atoms with E-state index >= 15 is 0 Å². The van der Waals surface area contributed by atoms with Gasteiger partial charge in [0.05, 0.1) is 12.8 Å². The zero-order valence-electron chi connectivity index (χ0n) is 9.20. The molecule has 2 aromatic rings. The largest absolute Gasteiger partial charge is 0.476 e. The molecule has 0 aliphatic carbocycles. The van der Waals surface area contributed by atoms with Crippen molar-refractivity contribution in [2.45, 2.75) is 6.54 Å². The molecule has 0 aliphatic rings. The van der Waals surface area contributed by atoms with E-state index in [4.69, 9.17) is 9.52 Å². The van der Waals surface area contributed by atoms with E-state index in [0.717, 1.165) is 5.76 Å². The summed E-state index contributed by atoms with van der Waals surface area (Å²) in [6.07, 6.45) is 4.38. The molecule has 0 aromatic carbocycles. The first-order valence-electron chi connectivity index (χ1n) is 4.96. The van der Waals surface area contributed by atoms with Gasteiger partial charge in [0.2, 0.25) is 0 Å². The zero-order chi connectivity index (χ0) is 12.3. The second-order valence-corrected chi connectivity index (χ2v) is 3.47. The summed E-state index contributed by atoms with van der Waals surface area (Å²) in [5.41, 5.74) is -0.0680. The van der Waals surface area contributed by atoms with Crippen molar-refractivity contribution in [2.24, 2.45) is 0 Å². The van der Waals surface area contributed by atoms with Gasteiger partial charge < -0.3 is 14.4 Å². The number of furan rings is 1. The molecule has 0 bridgehead atoms. The van der Waals surface area contributed by atoms with Crippen molar-refractivity contribution in [1.82, 2.24) is 9.97 Å². The number of aromatic nitrogens is 2. The fourth-order valence-corrected chi connectivity index (χ4v) is 1.47. The molecule has 0 aliphatic heterocycles. The number of aromatic carboxylic acids is 1. The maximum Gasteiger partial charge on any atom is 0.358 e. The van der Waals surface area contributed by atoms with Crippen LogP contribution in [0.5, 0.6) is 0 Å². The van der Waals surface area contributed by atoms with E-state index in [1.165, 1.54) is 12.4 Å². The van der Waals surface area contributed by atoms with Gasteiger partial charge in [0, 0.05) is 19.4 Å². The number of carboxylic acid groups (broad SMARTS) is 1. The highest BCUT2D eigenvalue weighted by Gasteiger charge is 2.16. The number of nitrogens with zero attached hydrogens (tertiary/aromatic N) is 3. The monoisotopic (exact) mass is 233 g/mol. The Bertz CT molecular complexity index is 510. The van der Waals surface area contributed by atoms with E-state index in [-0.39, 0.29) is 5.69 Å². The predicted octanol–water partition coefficient (Wildman–Crippen LogP) is 1.40. The molecular formula is C11H11N3O3. The fraction of sp³-hybridized carbons (Fsp3) is 0.182. The van der Waals surface area contributed by atoms with Gasteiger partial charge in [0.1, 0.15) is 5.76 Å². The topological polar surface area (TPSA) is 79.5 Å². The summed E-state index contributed by atoms with van der Waals surface area (Å²) in [7, 11) is 1.74. The lowest BCUT2D eigenvalue weighted by Crippen LogP contribution is -2.21. The zero-order valence-corrected chi connectivity index (χ0v) is 9.20. The Hall–Kier alpha value is -2.37. The molecule has 2 heterocycles. The lowest BCUT2D eigenvalue weighted by Gasteiger charge is -2.17. The van der Waals surface area contributed by atoms with Crippen LogP contribution in [0.3, 0.4) is 0 Å². The van der Waals surface area contributed by atoms with Crippen LogP contribution in [0.25, 0.3) is 0 Å². The molecule has 0 atom stereocenters. The van der Waals surface area contributed by atoms with E-state index < -0.39 is 5.97 Å². The molecule has 0 unspecified atom stereocenters. The molecule has 0 radical (unpaired) electrons. The molecule has 0 saturated carbocycles. The van der Waals surface area contributed by atoms with E-state index in [0.29, 0.717) is 12.4 Å². The summed E-state index contributed by atoms with van der Waals surface area (Å²) in [6, 6.07) is 3.59. The van der Waals surface area contributed by atoms with Crippen molar-refractivity contribution in [2.75, 3.05) is 11.9 Å². The first-order valence-corrected chi connectivity index (χ1v) is 4.96. The molecule has 88 valence electrons. The van der Waals surface area contributed by atoms with E-state index in [1.54, 1.807) is 24.3 Å². The molecular weight excluding hydrogens is 222 g/mol. The van der Waals surface area contributed by atoms with Crippen molar-refractivity contribution in [3.8, 4) is 0 Å². The van der Waals surface area contributed by atoms with Crippen molar-refractivity contribution in [3.05, 3.63) is 42.2 Å². The van der Waals surface area contributed by atoms with E-state index in [9.17, 15) is 4.79 Å². The second-order valence-electron chi connectivity index (χ2n) is 3.47. The summed E-state index contributed by atoms with van der Waals surface area (Å²) in [5, 5.41) is 8.99. The third-order valence-corrected chi connectivity index (χ3v) is 2.22. The number of hydrogen-bond donors (Lipinski definition) is 1. The highest BCUT2D eigenvalue weighted by Crippen LogP contribution is 2.16. The Balaban J connectivity index is 2.24. The molecule has 0 amide bonds. The maximum atomic E-state index is 11.0. The van der Waals surface area contributed by atoms with Crippen LogP contribution in [0.4, 0.5) is 5.82 Å². The van der Waals surface area contributed by atoms with Gasteiger partial charge in [-0.2, -0.15) is 0 Å². The van der Waals surface area contributed by atoms with E-state index in [1.807, 2.05) is 6.07 Å². The summed E-state index contributed by atoms with van der Waals surface area (Å²) < 4.78 is 5.19. The maximum absolute atomic E-state index is 11.0. The van der Waals surface area contributed by atoms with Crippen LogP contribution >= 0.6 is 0 Å². The second kappa shape index (κ2) is 4.65. The molecule has 6 heteroatoms. The quantitative estimate of drug-likeness (QED) is 0.859. The lowest BCUT2D eigenvalue weighted by atomic mass is 10.3. The van der Waals surface area contributed by atoms with Crippen LogP contribution in [-0.4, -0.2) is 28.1 Å². The van der Waals surface area contributed by atoms with Gasteiger partial charge in [-0.1, -0.05) is 0 Å². The van der Waals surface area contributed by atoms with Crippen LogP contribution in [0.2, 0.25) is 0 Å². The number of hydrogen-bond acceptors (Lipinski definition) is 5. The molecule has 0 saturated heterocycles. The molecule has 6 nitrogen and oxygen atoms in total. The van der Waals surface area contributed by atoms with Gasteiger partial charge in [0.25, 0.3) is 0 Å². The van der Waals surface area contributed by atoms with Crippen LogP contribution in [0, 0.1) is 0 Å². The summed E-state index contributed by atoms with van der Waals surface area (Å²) in [6.45, 7) is 0.436. The summed E-state index contributed by atoms with van der Waals surface area (Å²) >= 11 is 0. The third kappa shape index (κ3) is 2.41. The minimum absolute atomic E-state index is 0.0680. The minimum Gasteiger partial charge on any atom is -0.476 e. The summed E-state index contributed by atoms with van der Waals surface area (Å²) in [4.78, 5) is 20.5. The highest BCUT2D eigenvalue weighted by molar-refractivity contribution is 5.90. The predicted molar refractivity (Wildman–Crippen MR) is 59.8 cm³/mol. The van der Waals surface area contributed by atoms with Gasteiger partial charge >= 0.3 is 5.97 Å². The molecule has 17 heavy (non-hydrogen) atoms. The number of rotatable bonds is 4. The average molecular weight is 233 g/mol. The SMILES string of the molecule is CN(Cc1ccco1)c1nccnc1C(=O)O. The Morgan fingerprint density at radius 2 is 2.24 bits per heavy atom. The van der Waals surface area contributed by atoms with Crippen LogP contribution < -0.4 is 4.90 Å². The molecule has 2 aromatic heterocycles. The number of carbonyl (C=O) groups is 1. The third-order valence-electron chi connectivity index (χ3n) is 2.22. The van der Waals surface area contributed by atoms with Gasteiger partial charge in [-0.25, -0.2) is 14.8 Å². The lowest BCUT2D eigenvalue weighted by molar-refractivity contribution is 0.0690. The number of carboxylic acids is 1. The Kier molecular flexibility index (Phi) is 3.04. The van der Waals surface area contributed by atoms with Gasteiger partial charge in [-0.15, -0.1) is 0 Å². The first kappa shape index (κ1) is 11.1. The van der Waals surface area contributed by atoms with Crippen LogP contribution in [0.1, 0.15) is 16.2 Å². The van der Waals surface area contributed by atoms with Gasteiger partial charge in [0.15, 0.2) is 11.5 Å². The molecule has 0 fully saturated rings. The molecule has 2 rings (SSSR count). The molecule has 1 N–H and O–H groups in total. The average Bonchev–Trinajstić information content (AvgIpc) is 2.81.